The maximum Gasteiger partial charge on any atom is 0.267 e. The lowest BCUT2D eigenvalue weighted by Crippen LogP contribution is -2.11. The molecule has 0 atom stereocenters. The van der Waals surface area contributed by atoms with E-state index in [1.54, 1.807) is 19.1 Å². The van der Waals surface area contributed by atoms with Gasteiger partial charge in [-0.25, -0.2) is 4.98 Å². The number of nitrogens with zero attached hydrogens (tertiary/aromatic N) is 1. The van der Waals surface area contributed by atoms with Crippen molar-refractivity contribution >= 4 is 39.7 Å². The number of rotatable bonds is 2. The predicted octanol–water partition coefficient (Wildman–Crippen LogP) is 3.25. The first-order valence-electron chi connectivity index (χ1n) is 5.28. The molecule has 0 aliphatic rings. The number of anilines is 2. The van der Waals surface area contributed by atoms with E-state index in [1.165, 1.54) is 11.3 Å². The molecule has 6 heteroatoms. The van der Waals surface area contributed by atoms with Crippen LogP contribution in [0.1, 0.15) is 20.9 Å². The third-order valence-corrected chi connectivity index (χ3v) is 3.84. The summed E-state index contributed by atoms with van der Waals surface area (Å²) in [4.78, 5) is 16.5. The molecule has 0 saturated carbocycles. The largest absolute Gasteiger partial charge is 0.375 e. The number of aryl methyl sites for hydroxylation is 2. The van der Waals surface area contributed by atoms with Crippen molar-refractivity contribution in [2.45, 2.75) is 13.8 Å². The van der Waals surface area contributed by atoms with Gasteiger partial charge in [-0.2, -0.15) is 0 Å². The van der Waals surface area contributed by atoms with E-state index in [0.29, 0.717) is 26.4 Å². The fourth-order valence-electron chi connectivity index (χ4n) is 1.49. The van der Waals surface area contributed by atoms with E-state index >= 15 is 0 Å². The smallest absolute Gasteiger partial charge is 0.267 e. The molecule has 2 aromatic rings. The van der Waals surface area contributed by atoms with Crippen molar-refractivity contribution in [3.05, 3.63) is 39.4 Å². The zero-order valence-electron chi connectivity index (χ0n) is 9.95. The molecular weight excluding hydrogens is 270 g/mol. The highest BCUT2D eigenvalue weighted by molar-refractivity contribution is 7.17. The van der Waals surface area contributed by atoms with Crippen LogP contribution in [0.15, 0.2) is 18.2 Å². The number of hydrogen-bond donors (Lipinski definition) is 2. The van der Waals surface area contributed by atoms with Crippen LogP contribution in [0.4, 0.5) is 10.8 Å². The summed E-state index contributed by atoms with van der Waals surface area (Å²) >= 11 is 7.17. The molecule has 3 N–H and O–H groups in total. The Morgan fingerprint density at radius 1 is 1.44 bits per heavy atom. The molecule has 18 heavy (non-hydrogen) atoms. The van der Waals surface area contributed by atoms with E-state index in [2.05, 4.69) is 10.3 Å². The molecule has 0 radical (unpaired) electrons. The van der Waals surface area contributed by atoms with Crippen LogP contribution in [0.25, 0.3) is 0 Å². The maximum absolute atomic E-state index is 12.0. The first kappa shape index (κ1) is 12.9. The van der Waals surface area contributed by atoms with Gasteiger partial charge in [0.25, 0.3) is 5.91 Å². The van der Waals surface area contributed by atoms with Crippen LogP contribution in [-0.2, 0) is 0 Å². The standard InChI is InChI=1S/C12H12ClN3OS/c1-6-3-4-8(5-9(6)13)16-11(17)10-7(2)15-12(14)18-10/h3-5H,1-2H3,(H2,14,15)(H,16,17). The Morgan fingerprint density at radius 3 is 2.72 bits per heavy atom. The molecule has 4 nitrogen and oxygen atoms in total. The molecule has 94 valence electrons. The Bertz CT molecular complexity index is 609. The van der Waals surface area contributed by atoms with E-state index in [1.807, 2.05) is 13.0 Å². The number of nitrogens with one attached hydrogen (secondary N) is 1. The lowest BCUT2D eigenvalue weighted by Gasteiger charge is -2.05. The number of carbonyl (C=O) groups excluding carboxylic acids is 1. The maximum atomic E-state index is 12.0. The Kier molecular flexibility index (Phi) is 3.54. The van der Waals surface area contributed by atoms with Crippen LogP contribution in [0.3, 0.4) is 0 Å². The van der Waals surface area contributed by atoms with Gasteiger partial charge in [0.1, 0.15) is 4.88 Å². The van der Waals surface area contributed by atoms with Gasteiger partial charge in [0.15, 0.2) is 5.13 Å². The fraction of sp³-hybridized carbons (Fsp3) is 0.167. The third-order valence-electron chi connectivity index (χ3n) is 2.45. The summed E-state index contributed by atoms with van der Waals surface area (Å²) < 4.78 is 0. The van der Waals surface area contributed by atoms with Gasteiger partial charge in [-0.15, -0.1) is 0 Å². The quantitative estimate of drug-likeness (QED) is 0.888. The average Bonchev–Trinajstić information content (AvgIpc) is 2.63. The van der Waals surface area contributed by atoms with Crippen molar-refractivity contribution < 1.29 is 4.79 Å². The molecule has 1 heterocycles. The van der Waals surface area contributed by atoms with Gasteiger partial charge in [0, 0.05) is 10.7 Å². The summed E-state index contributed by atoms with van der Waals surface area (Å²) in [6.45, 7) is 3.66. The highest BCUT2D eigenvalue weighted by atomic mass is 35.5. The van der Waals surface area contributed by atoms with Gasteiger partial charge in [-0.3, -0.25) is 4.79 Å². The average molecular weight is 282 g/mol. The van der Waals surface area contributed by atoms with Crippen LogP contribution in [-0.4, -0.2) is 10.9 Å². The van der Waals surface area contributed by atoms with Crippen LogP contribution in [0, 0.1) is 13.8 Å². The number of nitrogens with two attached hydrogens (primary N) is 1. The second-order valence-corrected chi connectivity index (χ2v) is 5.32. The summed E-state index contributed by atoms with van der Waals surface area (Å²) in [5, 5.41) is 3.78. The number of hydrogen-bond acceptors (Lipinski definition) is 4. The lowest BCUT2D eigenvalue weighted by atomic mass is 10.2. The zero-order valence-corrected chi connectivity index (χ0v) is 11.5. The summed E-state index contributed by atoms with van der Waals surface area (Å²) in [5.74, 6) is -0.221. The number of halogens is 1. The zero-order chi connectivity index (χ0) is 13.3. The van der Waals surface area contributed by atoms with Crippen molar-refractivity contribution in [1.82, 2.24) is 4.98 Å². The highest BCUT2D eigenvalue weighted by Gasteiger charge is 2.14. The second-order valence-electron chi connectivity index (χ2n) is 3.88. The fourth-order valence-corrected chi connectivity index (χ4v) is 2.40. The Balaban J connectivity index is 2.21. The normalized spacial score (nSPS) is 10.4. The first-order valence-corrected chi connectivity index (χ1v) is 6.47. The minimum absolute atomic E-state index is 0.221. The van der Waals surface area contributed by atoms with Crippen molar-refractivity contribution in [2.24, 2.45) is 0 Å². The minimum atomic E-state index is -0.221. The predicted molar refractivity (Wildman–Crippen MR) is 75.4 cm³/mol. The Labute approximate surface area is 114 Å². The Hall–Kier alpha value is -1.59. The third kappa shape index (κ3) is 2.63. The summed E-state index contributed by atoms with van der Waals surface area (Å²) in [6.07, 6.45) is 0. The molecule has 0 aliphatic heterocycles. The topological polar surface area (TPSA) is 68.0 Å². The van der Waals surface area contributed by atoms with E-state index in [4.69, 9.17) is 17.3 Å². The number of aromatic nitrogens is 1. The lowest BCUT2D eigenvalue weighted by molar-refractivity contribution is 0.103. The van der Waals surface area contributed by atoms with Gasteiger partial charge in [0.05, 0.1) is 5.69 Å². The number of benzene rings is 1. The van der Waals surface area contributed by atoms with Gasteiger partial charge in [0.2, 0.25) is 0 Å². The van der Waals surface area contributed by atoms with Crippen molar-refractivity contribution in [1.29, 1.82) is 0 Å². The number of carbonyl (C=O) groups is 1. The minimum Gasteiger partial charge on any atom is -0.375 e. The molecule has 0 aliphatic carbocycles. The molecule has 0 fully saturated rings. The second kappa shape index (κ2) is 4.96. The molecule has 0 unspecified atom stereocenters. The van der Waals surface area contributed by atoms with E-state index in [9.17, 15) is 4.79 Å². The number of nitrogen functional groups attached to an aromatic ring is 1. The van der Waals surface area contributed by atoms with Crippen LogP contribution in [0.2, 0.25) is 5.02 Å². The molecular formula is C12H12ClN3OS. The number of amides is 1. The SMILES string of the molecule is Cc1ccc(NC(=O)c2sc(N)nc2C)cc1Cl. The molecule has 1 amide bonds. The van der Waals surface area contributed by atoms with Gasteiger partial charge in [-0.05, 0) is 31.5 Å². The van der Waals surface area contributed by atoms with E-state index < -0.39 is 0 Å². The summed E-state index contributed by atoms with van der Waals surface area (Å²) in [6, 6.07) is 5.37. The molecule has 0 saturated heterocycles. The van der Waals surface area contributed by atoms with Crippen molar-refractivity contribution in [3.8, 4) is 0 Å². The molecule has 1 aromatic carbocycles. The first-order chi connectivity index (χ1) is 8.47. The van der Waals surface area contributed by atoms with Crippen molar-refractivity contribution in [3.63, 3.8) is 0 Å². The Morgan fingerprint density at radius 2 is 2.17 bits per heavy atom. The molecule has 1 aromatic heterocycles. The molecule has 0 bridgehead atoms. The highest BCUT2D eigenvalue weighted by Crippen LogP contribution is 2.23. The van der Waals surface area contributed by atoms with Gasteiger partial charge < -0.3 is 11.1 Å². The van der Waals surface area contributed by atoms with Gasteiger partial charge >= 0.3 is 0 Å². The van der Waals surface area contributed by atoms with Crippen LogP contribution < -0.4 is 11.1 Å². The summed E-state index contributed by atoms with van der Waals surface area (Å²) in [5.41, 5.74) is 7.81. The van der Waals surface area contributed by atoms with E-state index in [-0.39, 0.29) is 5.91 Å². The van der Waals surface area contributed by atoms with Crippen molar-refractivity contribution in [2.75, 3.05) is 11.1 Å². The summed E-state index contributed by atoms with van der Waals surface area (Å²) in [7, 11) is 0. The monoisotopic (exact) mass is 281 g/mol. The molecule has 0 spiro atoms. The number of thiazole rings is 1. The van der Waals surface area contributed by atoms with Gasteiger partial charge in [-0.1, -0.05) is 29.0 Å². The van der Waals surface area contributed by atoms with Crippen LogP contribution >= 0.6 is 22.9 Å². The van der Waals surface area contributed by atoms with Crippen LogP contribution in [0.5, 0.6) is 0 Å². The molecule has 2 rings (SSSR count). The van der Waals surface area contributed by atoms with E-state index in [0.717, 1.165) is 5.56 Å².